The molecule has 2 N–H and O–H groups in total. The first-order valence-corrected chi connectivity index (χ1v) is 6.17. The van der Waals surface area contributed by atoms with Crippen LogP contribution >= 0.6 is 46.4 Å². The molecule has 0 saturated heterocycles. The van der Waals surface area contributed by atoms with Gasteiger partial charge in [0.1, 0.15) is 0 Å². The largest absolute Gasteiger partial charge is 0.493 e. The summed E-state index contributed by atoms with van der Waals surface area (Å²) in [7, 11) is 1.30. The Labute approximate surface area is 128 Å². The van der Waals surface area contributed by atoms with E-state index in [0.29, 0.717) is 0 Å². The molecule has 0 aliphatic heterocycles. The quantitative estimate of drug-likeness (QED) is 0.823. The maximum absolute atomic E-state index is 11.5. The summed E-state index contributed by atoms with van der Waals surface area (Å²) in [4.78, 5) is 22.4. The van der Waals surface area contributed by atoms with Crippen molar-refractivity contribution in [2.75, 3.05) is 12.4 Å². The summed E-state index contributed by atoms with van der Waals surface area (Å²) in [5, 5.41) is 11.1. The summed E-state index contributed by atoms with van der Waals surface area (Å²) >= 11 is 22.0. The Morgan fingerprint density at radius 2 is 1.89 bits per heavy atom. The smallest absolute Gasteiger partial charge is 0.335 e. The van der Waals surface area contributed by atoms with Crippen molar-refractivity contribution in [3.05, 3.63) is 22.7 Å². The highest BCUT2D eigenvalue weighted by molar-refractivity contribution is 6.76. The number of carbonyl (C=O) groups excluding carboxylic acids is 1. The third-order valence-electron chi connectivity index (χ3n) is 2.00. The Bertz CT molecular complexity index is 527. The topological polar surface area (TPSA) is 75.6 Å². The number of carboxylic acid groups (broad SMARTS) is 1. The maximum atomic E-state index is 11.5. The zero-order chi connectivity index (χ0) is 14.8. The fourth-order valence-electron chi connectivity index (χ4n) is 1.21. The third-order valence-corrected chi connectivity index (χ3v) is 2.80. The van der Waals surface area contributed by atoms with Crippen molar-refractivity contribution in [3.8, 4) is 5.75 Å². The second-order valence-corrected chi connectivity index (χ2v) is 5.98. The van der Waals surface area contributed by atoms with E-state index < -0.39 is 15.7 Å². The summed E-state index contributed by atoms with van der Waals surface area (Å²) in [6.07, 6.45) is 0. The van der Waals surface area contributed by atoms with E-state index >= 15 is 0 Å². The van der Waals surface area contributed by atoms with E-state index in [1.807, 2.05) is 0 Å². The number of nitrogens with one attached hydrogen (secondary N) is 1. The van der Waals surface area contributed by atoms with Crippen molar-refractivity contribution < 1.29 is 19.4 Å². The molecular formula is C10H7Cl4NO4. The van der Waals surface area contributed by atoms with Gasteiger partial charge < -0.3 is 15.2 Å². The second kappa shape index (κ2) is 6.05. The molecule has 0 saturated carbocycles. The number of hydrogen-bond donors (Lipinski definition) is 2. The minimum Gasteiger partial charge on any atom is -0.493 e. The minimum absolute atomic E-state index is 0.00187. The van der Waals surface area contributed by atoms with Crippen LogP contribution < -0.4 is 10.1 Å². The monoisotopic (exact) mass is 345 g/mol. The number of halogens is 4. The van der Waals surface area contributed by atoms with Gasteiger partial charge in [-0.25, -0.2) is 4.79 Å². The van der Waals surface area contributed by atoms with Crippen LogP contribution in [0, 0.1) is 0 Å². The molecule has 0 atom stereocenters. The Balaban J connectivity index is 3.24. The molecule has 5 nitrogen and oxygen atoms in total. The Hall–Kier alpha value is -0.880. The van der Waals surface area contributed by atoms with Crippen LogP contribution in [0.2, 0.25) is 5.02 Å². The first-order chi connectivity index (χ1) is 8.66. The van der Waals surface area contributed by atoms with E-state index in [9.17, 15) is 9.59 Å². The molecule has 19 heavy (non-hydrogen) atoms. The van der Waals surface area contributed by atoms with Crippen molar-refractivity contribution in [3.63, 3.8) is 0 Å². The first kappa shape index (κ1) is 16.2. The zero-order valence-electron chi connectivity index (χ0n) is 9.34. The van der Waals surface area contributed by atoms with E-state index in [4.69, 9.17) is 56.2 Å². The molecule has 0 unspecified atom stereocenters. The summed E-state index contributed by atoms with van der Waals surface area (Å²) in [6.45, 7) is 0. The third kappa shape index (κ3) is 4.04. The lowest BCUT2D eigenvalue weighted by Gasteiger charge is -2.15. The number of benzene rings is 1. The predicted octanol–water partition coefficient (Wildman–Crippen LogP) is 3.36. The fraction of sp³-hybridized carbons (Fsp3) is 0.200. The number of ether oxygens (including phenoxy) is 1. The van der Waals surface area contributed by atoms with Gasteiger partial charge >= 0.3 is 5.97 Å². The van der Waals surface area contributed by atoms with Crippen LogP contribution in [0.15, 0.2) is 12.1 Å². The van der Waals surface area contributed by atoms with Crippen LogP contribution in [0.25, 0.3) is 0 Å². The van der Waals surface area contributed by atoms with Crippen LogP contribution in [0.1, 0.15) is 10.4 Å². The number of anilines is 1. The molecule has 0 fully saturated rings. The number of methoxy groups -OCH3 is 1. The van der Waals surface area contributed by atoms with Gasteiger partial charge in [-0.1, -0.05) is 46.4 Å². The van der Waals surface area contributed by atoms with Gasteiger partial charge in [-0.2, -0.15) is 0 Å². The van der Waals surface area contributed by atoms with Crippen molar-refractivity contribution in [2.45, 2.75) is 3.79 Å². The van der Waals surface area contributed by atoms with Gasteiger partial charge in [0.25, 0.3) is 9.70 Å². The van der Waals surface area contributed by atoms with E-state index in [2.05, 4.69) is 5.32 Å². The second-order valence-electron chi connectivity index (χ2n) is 3.30. The molecule has 0 bridgehead atoms. The Morgan fingerprint density at radius 3 is 2.32 bits per heavy atom. The number of carboxylic acids is 1. The number of rotatable bonds is 3. The highest BCUT2D eigenvalue weighted by atomic mass is 35.6. The average Bonchev–Trinajstić information content (AvgIpc) is 2.27. The van der Waals surface area contributed by atoms with Crippen molar-refractivity contribution in [1.29, 1.82) is 0 Å². The van der Waals surface area contributed by atoms with E-state index in [-0.39, 0.29) is 22.0 Å². The van der Waals surface area contributed by atoms with Crippen LogP contribution in [-0.2, 0) is 4.79 Å². The van der Waals surface area contributed by atoms with Crippen LogP contribution in [0.3, 0.4) is 0 Å². The lowest BCUT2D eigenvalue weighted by molar-refractivity contribution is -0.115. The van der Waals surface area contributed by atoms with E-state index in [1.165, 1.54) is 13.2 Å². The number of carbonyl (C=O) groups is 2. The van der Waals surface area contributed by atoms with Crippen molar-refractivity contribution in [2.24, 2.45) is 0 Å². The molecule has 0 aromatic heterocycles. The summed E-state index contributed by atoms with van der Waals surface area (Å²) in [6, 6.07) is 2.31. The van der Waals surface area contributed by atoms with Crippen LogP contribution in [-0.4, -0.2) is 27.9 Å². The number of aromatic carboxylic acids is 1. The molecule has 104 valence electrons. The standard InChI is InChI=1S/C10H7Cl4NO4/c1-19-7-5(11)2-4(8(16)17)3-6(7)15-9(18)10(12,13)14/h2-3H,1H3,(H,15,18)(H,16,17). The zero-order valence-corrected chi connectivity index (χ0v) is 12.4. The molecule has 0 heterocycles. The Kier molecular flexibility index (Phi) is 5.15. The molecular weight excluding hydrogens is 340 g/mol. The van der Waals surface area contributed by atoms with E-state index in [0.717, 1.165) is 6.07 Å². The lowest BCUT2D eigenvalue weighted by atomic mass is 10.2. The number of hydrogen-bond acceptors (Lipinski definition) is 3. The number of alkyl halides is 3. The fourth-order valence-corrected chi connectivity index (χ4v) is 1.65. The van der Waals surface area contributed by atoms with Gasteiger partial charge in [-0.05, 0) is 12.1 Å². The summed E-state index contributed by atoms with van der Waals surface area (Å²) < 4.78 is 2.76. The van der Waals surface area contributed by atoms with Gasteiger partial charge in [-0.3, -0.25) is 4.79 Å². The molecule has 9 heteroatoms. The van der Waals surface area contributed by atoms with Gasteiger partial charge in [-0.15, -0.1) is 0 Å². The summed E-state index contributed by atoms with van der Waals surface area (Å²) in [5.41, 5.74) is -0.158. The van der Waals surface area contributed by atoms with E-state index in [1.54, 1.807) is 0 Å². The van der Waals surface area contributed by atoms with Crippen molar-refractivity contribution >= 4 is 64.0 Å². The van der Waals surface area contributed by atoms with Crippen LogP contribution in [0.5, 0.6) is 5.75 Å². The van der Waals surface area contributed by atoms with Crippen molar-refractivity contribution in [1.82, 2.24) is 0 Å². The minimum atomic E-state index is -2.20. The average molecular weight is 347 g/mol. The molecule has 1 aromatic rings. The van der Waals surface area contributed by atoms with Crippen LogP contribution in [0.4, 0.5) is 5.69 Å². The molecule has 0 radical (unpaired) electrons. The molecule has 1 aromatic carbocycles. The molecule has 0 aliphatic rings. The number of amides is 1. The molecule has 1 amide bonds. The normalized spacial score (nSPS) is 11.0. The first-order valence-electron chi connectivity index (χ1n) is 4.65. The molecule has 0 spiro atoms. The van der Waals surface area contributed by atoms with Gasteiger partial charge in [0.15, 0.2) is 5.75 Å². The SMILES string of the molecule is COc1c(Cl)cc(C(=O)O)cc1NC(=O)C(Cl)(Cl)Cl. The molecule has 1 rings (SSSR count). The highest BCUT2D eigenvalue weighted by Gasteiger charge is 2.31. The predicted molar refractivity (Wildman–Crippen MR) is 73.9 cm³/mol. The van der Waals surface area contributed by atoms with Gasteiger partial charge in [0.2, 0.25) is 0 Å². The lowest BCUT2D eigenvalue weighted by Crippen LogP contribution is -2.27. The molecule has 0 aliphatic carbocycles. The van der Waals surface area contributed by atoms with Gasteiger partial charge in [0, 0.05) is 0 Å². The highest BCUT2D eigenvalue weighted by Crippen LogP contribution is 2.36. The Morgan fingerprint density at radius 1 is 1.32 bits per heavy atom. The summed E-state index contributed by atoms with van der Waals surface area (Å²) in [5.74, 6) is -2.13. The maximum Gasteiger partial charge on any atom is 0.335 e. The van der Waals surface area contributed by atoms with Gasteiger partial charge in [0.05, 0.1) is 23.4 Å².